The summed E-state index contributed by atoms with van der Waals surface area (Å²) in [6.07, 6.45) is -0.609. The number of carbonyl (C=O) groups excluding carboxylic acids is 1. The Bertz CT molecular complexity index is 701. The van der Waals surface area contributed by atoms with Gasteiger partial charge in [-0.25, -0.2) is 0 Å². The molecule has 2 aromatic rings. The number of amides is 1. The Morgan fingerprint density at radius 3 is 2.71 bits per heavy atom. The van der Waals surface area contributed by atoms with Crippen molar-refractivity contribution in [2.45, 2.75) is 45.1 Å². The van der Waals surface area contributed by atoms with E-state index in [2.05, 4.69) is 29.4 Å². The molecule has 130 valence electrons. The monoisotopic (exact) mass is 365 g/mol. The average Bonchev–Trinajstić information content (AvgIpc) is 2.95. The van der Waals surface area contributed by atoms with Crippen LogP contribution in [0.3, 0.4) is 0 Å². The summed E-state index contributed by atoms with van der Waals surface area (Å²) in [5.74, 6) is 2.05. The van der Waals surface area contributed by atoms with Gasteiger partial charge < -0.3 is 4.74 Å². The number of hydrogen-bond donors (Lipinski definition) is 1. The number of aromatic nitrogens is 2. The second kappa shape index (κ2) is 8.48. The predicted molar refractivity (Wildman–Crippen MR) is 100 cm³/mol. The fourth-order valence-corrected chi connectivity index (χ4v) is 3.67. The number of thioether (sulfide) groups is 1. The van der Waals surface area contributed by atoms with Gasteiger partial charge >= 0.3 is 0 Å². The second-order valence-electron chi connectivity index (χ2n) is 6.10. The number of rotatable bonds is 7. The summed E-state index contributed by atoms with van der Waals surface area (Å²) in [5, 5.41) is 11.4. The molecule has 1 heterocycles. The minimum atomic E-state index is -0.609. The Morgan fingerprint density at radius 2 is 2.04 bits per heavy atom. The smallest absolute Gasteiger partial charge is 0.266 e. The molecule has 1 aromatic carbocycles. The lowest BCUT2D eigenvalue weighted by molar-refractivity contribution is -0.122. The summed E-state index contributed by atoms with van der Waals surface area (Å²) in [7, 11) is 0. The third-order valence-corrected chi connectivity index (χ3v) is 5.58. The molecular formula is C17H23N3O2S2. The summed E-state index contributed by atoms with van der Waals surface area (Å²) in [4.78, 5) is 12.3. The predicted octanol–water partition coefficient (Wildman–Crippen LogP) is 4.31. The minimum absolute atomic E-state index is 0.230. The third-order valence-electron chi connectivity index (χ3n) is 3.18. The molecule has 2 rings (SSSR count). The Balaban J connectivity index is 1.91. The van der Waals surface area contributed by atoms with Crippen LogP contribution >= 0.6 is 23.1 Å². The molecule has 0 fully saturated rings. The SMILES string of the molecule is Cc1ccc(O[C@@H](C)C(=O)Nc2nnc(SCC(C)C)s2)c(C)c1. The van der Waals surface area contributed by atoms with E-state index in [0.717, 1.165) is 21.2 Å². The topological polar surface area (TPSA) is 64.1 Å². The first-order valence-corrected chi connectivity index (χ1v) is 9.66. The van der Waals surface area contributed by atoms with E-state index in [4.69, 9.17) is 4.74 Å². The summed E-state index contributed by atoms with van der Waals surface area (Å²) in [6, 6.07) is 5.89. The van der Waals surface area contributed by atoms with Crippen LogP contribution in [0.5, 0.6) is 5.75 Å². The van der Waals surface area contributed by atoms with Crippen molar-refractivity contribution in [3.63, 3.8) is 0 Å². The van der Waals surface area contributed by atoms with Gasteiger partial charge in [0.2, 0.25) is 5.13 Å². The van der Waals surface area contributed by atoms with Gasteiger partial charge in [-0.15, -0.1) is 10.2 Å². The van der Waals surface area contributed by atoms with Crippen molar-refractivity contribution in [1.29, 1.82) is 0 Å². The molecule has 0 saturated carbocycles. The molecule has 0 unspecified atom stereocenters. The molecule has 0 radical (unpaired) electrons. The lowest BCUT2D eigenvalue weighted by atomic mass is 10.1. The molecule has 1 N–H and O–H groups in total. The normalized spacial score (nSPS) is 12.2. The lowest BCUT2D eigenvalue weighted by Gasteiger charge is -2.15. The number of benzene rings is 1. The molecule has 0 aliphatic rings. The van der Waals surface area contributed by atoms with E-state index >= 15 is 0 Å². The quantitative estimate of drug-likeness (QED) is 0.585. The number of aryl methyl sites for hydroxylation is 2. The van der Waals surface area contributed by atoms with Crippen LogP contribution in [0, 0.1) is 19.8 Å². The van der Waals surface area contributed by atoms with Crippen molar-refractivity contribution in [3.05, 3.63) is 29.3 Å². The summed E-state index contributed by atoms with van der Waals surface area (Å²) in [6.45, 7) is 10.0. The van der Waals surface area contributed by atoms with E-state index in [9.17, 15) is 4.79 Å². The maximum atomic E-state index is 12.3. The first-order chi connectivity index (χ1) is 11.3. The van der Waals surface area contributed by atoms with Crippen LogP contribution in [0.25, 0.3) is 0 Å². The molecule has 0 aliphatic carbocycles. The van der Waals surface area contributed by atoms with Crippen LogP contribution in [0.2, 0.25) is 0 Å². The van der Waals surface area contributed by atoms with Crippen molar-refractivity contribution in [1.82, 2.24) is 10.2 Å². The van der Waals surface area contributed by atoms with Gasteiger partial charge in [-0.1, -0.05) is 54.6 Å². The van der Waals surface area contributed by atoms with Gasteiger partial charge in [0, 0.05) is 5.75 Å². The average molecular weight is 366 g/mol. The zero-order valence-corrected chi connectivity index (χ0v) is 16.3. The van der Waals surface area contributed by atoms with E-state index in [1.54, 1.807) is 18.7 Å². The van der Waals surface area contributed by atoms with Gasteiger partial charge in [-0.3, -0.25) is 10.1 Å². The van der Waals surface area contributed by atoms with Crippen molar-refractivity contribution >= 4 is 34.1 Å². The van der Waals surface area contributed by atoms with E-state index in [1.807, 2.05) is 32.0 Å². The van der Waals surface area contributed by atoms with Crippen LogP contribution in [0.4, 0.5) is 5.13 Å². The molecule has 0 spiro atoms. The van der Waals surface area contributed by atoms with E-state index in [1.165, 1.54) is 11.3 Å². The molecule has 1 atom stereocenters. The number of anilines is 1. The molecule has 5 nitrogen and oxygen atoms in total. The van der Waals surface area contributed by atoms with Gasteiger partial charge in [0.05, 0.1) is 0 Å². The fourth-order valence-electron chi connectivity index (χ4n) is 1.94. The highest BCUT2D eigenvalue weighted by Gasteiger charge is 2.18. The number of nitrogens with one attached hydrogen (secondary N) is 1. The summed E-state index contributed by atoms with van der Waals surface area (Å²) in [5.41, 5.74) is 2.18. The van der Waals surface area contributed by atoms with Crippen LogP contribution in [-0.2, 0) is 4.79 Å². The first kappa shape index (κ1) is 18.7. The maximum Gasteiger partial charge on any atom is 0.266 e. The highest BCUT2D eigenvalue weighted by Crippen LogP contribution is 2.27. The minimum Gasteiger partial charge on any atom is -0.481 e. The second-order valence-corrected chi connectivity index (χ2v) is 8.34. The molecule has 7 heteroatoms. The van der Waals surface area contributed by atoms with Crippen LogP contribution in [0.15, 0.2) is 22.5 Å². The van der Waals surface area contributed by atoms with Crippen molar-refractivity contribution in [2.24, 2.45) is 5.92 Å². The Kier molecular flexibility index (Phi) is 6.62. The largest absolute Gasteiger partial charge is 0.481 e. The number of nitrogens with zero attached hydrogens (tertiary/aromatic N) is 2. The molecule has 24 heavy (non-hydrogen) atoms. The summed E-state index contributed by atoms with van der Waals surface area (Å²) < 4.78 is 6.62. The zero-order chi connectivity index (χ0) is 17.7. The first-order valence-electron chi connectivity index (χ1n) is 7.86. The highest BCUT2D eigenvalue weighted by atomic mass is 32.2. The van der Waals surface area contributed by atoms with Crippen molar-refractivity contribution in [2.75, 3.05) is 11.1 Å². The van der Waals surface area contributed by atoms with Gasteiger partial charge in [-0.2, -0.15) is 0 Å². The third kappa shape index (κ3) is 5.49. The highest BCUT2D eigenvalue weighted by molar-refractivity contribution is 8.01. The van der Waals surface area contributed by atoms with E-state index in [0.29, 0.717) is 16.8 Å². The zero-order valence-electron chi connectivity index (χ0n) is 14.6. The Labute approximate surface area is 151 Å². The molecule has 0 aliphatic heterocycles. The van der Waals surface area contributed by atoms with E-state index in [-0.39, 0.29) is 5.91 Å². The van der Waals surface area contributed by atoms with E-state index < -0.39 is 6.10 Å². The summed E-state index contributed by atoms with van der Waals surface area (Å²) >= 11 is 3.04. The Morgan fingerprint density at radius 1 is 1.29 bits per heavy atom. The van der Waals surface area contributed by atoms with Gasteiger partial charge in [0.15, 0.2) is 10.4 Å². The van der Waals surface area contributed by atoms with Gasteiger partial charge in [0.25, 0.3) is 5.91 Å². The molecule has 1 amide bonds. The van der Waals surface area contributed by atoms with Crippen molar-refractivity contribution < 1.29 is 9.53 Å². The number of carbonyl (C=O) groups is 1. The van der Waals surface area contributed by atoms with Crippen LogP contribution < -0.4 is 10.1 Å². The van der Waals surface area contributed by atoms with Crippen LogP contribution in [0.1, 0.15) is 31.9 Å². The Hall–Kier alpha value is -1.60. The van der Waals surface area contributed by atoms with Crippen molar-refractivity contribution in [3.8, 4) is 5.75 Å². The molecule has 0 saturated heterocycles. The van der Waals surface area contributed by atoms with Gasteiger partial charge in [0.1, 0.15) is 5.75 Å². The van der Waals surface area contributed by atoms with Gasteiger partial charge in [-0.05, 0) is 38.3 Å². The maximum absolute atomic E-state index is 12.3. The van der Waals surface area contributed by atoms with Crippen LogP contribution in [-0.4, -0.2) is 28.0 Å². The fraction of sp³-hybridized carbons (Fsp3) is 0.471. The lowest BCUT2D eigenvalue weighted by Crippen LogP contribution is -2.30. The number of hydrogen-bond acceptors (Lipinski definition) is 6. The molecule has 0 bridgehead atoms. The number of ether oxygens (including phenoxy) is 1. The standard InChI is InChI=1S/C17H23N3O2S2/c1-10(2)9-23-17-20-19-16(24-17)18-15(21)13(5)22-14-7-6-11(3)8-12(14)4/h6-8,10,13H,9H2,1-5H3,(H,18,19,21)/t13-/m0/s1. The molecular weight excluding hydrogens is 342 g/mol. The molecule has 1 aromatic heterocycles.